The number of esters is 1. The van der Waals surface area contributed by atoms with Crippen molar-refractivity contribution in [1.82, 2.24) is 15.5 Å². The number of amides is 3. The fourth-order valence-corrected chi connectivity index (χ4v) is 3.73. The second-order valence-corrected chi connectivity index (χ2v) is 10.0. The first-order valence-electron chi connectivity index (χ1n) is 12.5. The van der Waals surface area contributed by atoms with Crippen molar-refractivity contribution >= 4 is 23.9 Å². The van der Waals surface area contributed by atoms with Crippen LogP contribution < -0.4 is 10.6 Å². The van der Waals surface area contributed by atoms with Crippen LogP contribution in [0.1, 0.15) is 77.6 Å². The van der Waals surface area contributed by atoms with Crippen LogP contribution in [0.4, 0.5) is 4.79 Å². The van der Waals surface area contributed by atoms with Gasteiger partial charge < -0.3 is 25.0 Å². The van der Waals surface area contributed by atoms with Crippen molar-refractivity contribution in [2.45, 2.75) is 86.4 Å². The van der Waals surface area contributed by atoms with Crippen molar-refractivity contribution in [3.05, 3.63) is 34.9 Å². The van der Waals surface area contributed by atoms with E-state index in [2.05, 4.69) is 10.6 Å². The van der Waals surface area contributed by atoms with Crippen LogP contribution in [-0.2, 0) is 23.9 Å². The zero-order valence-electron chi connectivity index (χ0n) is 23.2. The highest BCUT2D eigenvalue weighted by Crippen LogP contribution is 2.28. The number of alkyl carbamates (subject to hydrolysis) is 1. The second-order valence-electron chi connectivity index (χ2n) is 10.0. The summed E-state index contributed by atoms with van der Waals surface area (Å²) in [5, 5.41) is 5.47. The molecule has 0 aliphatic rings. The highest BCUT2D eigenvalue weighted by Gasteiger charge is 2.37. The van der Waals surface area contributed by atoms with Gasteiger partial charge in [-0.25, -0.2) is 4.79 Å². The number of aryl methyl sites for hydroxylation is 1. The highest BCUT2D eigenvalue weighted by molar-refractivity contribution is 5.92. The summed E-state index contributed by atoms with van der Waals surface area (Å²) in [6.45, 7) is 16.8. The van der Waals surface area contributed by atoms with E-state index in [9.17, 15) is 19.2 Å². The fourth-order valence-electron chi connectivity index (χ4n) is 3.73. The summed E-state index contributed by atoms with van der Waals surface area (Å²) in [4.78, 5) is 53.0. The van der Waals surface area contributed by atoms with Gasteiger partial charge in [-0.1, -0.05) is 32.0 Å². The summed E-state index contributed by atoms with van der Waals surface area (Å²) in [5.41, 5.74) is 1.82. The number of nitrogens with one attached hydrogen (secondary N) is 2. The van der Waals surface area contributed by atoms with Crippen LogP contribution in [0.5, 0.6) is 0 Å². The number of carbonyl (C=O) groups is 4. The molecule has 0 heterocycles. The molecule has 9 nitrogen and oxygen atoms in total. The van der Waals surface area contributed by atoms with E-state index in [4.69, 9.17) is 9.47 Å². The molecule has 36 heavy (non-hydrogen) atoms. The van der Waals surface area contributed by atoms with E-state index in [0.717, 1.165) is 11.1 Å². The Morgan fingerprint density at radius 2 is 1.69 bits per heavy atom. The lowest BCUT2D eigenvalue weighted by Crippen LogP contribution is -2.55. The number of likely N-dealkylation sites (N-methyl/N-ethyl adjacent to an activating group) is 1. The number of hydrogen-bond donors (Lipinski definition) is 2. The minimum absolute atomic E-state index is 0.0218. The fraction of sp³-hybridized carbons (Fsp3) is 0.630. The predicted octanol–water partition coefficient (Wildman–Crippen LogP) is 3.81. The molecular weight excluding hydrogens is 462 g/mol. The van der Waals surface area contributed by atoms with Crippen LogP contribution in [0.25, 0.3) is 0 Å². The molecule has 0 aliphatic carbocycles. The molecule has 0 fully saturated rings. The number of benzene rings is 1. The van der Waals surface area contributed by atoms with Crippen LogP contribution in [-0.4, -0.2) is 60.1 Å². The van der Waals surface area contributed by atoms with E-state index in [1.54, 1.807) is 34.6 Å². The largest absolute Gasteiger partial charge is 0.466 e. The molecule has 0 saturated heterocycles. The maximum Gasteiger partial charge on any atom is 0.408 e. The van der Waals surface area contributed by atoms with Crippen LogP contribution in [0.15, 0.2) is 18.2 Å². The molecule has 3 amide bonds. The molecule has 2 atom stereocenters. The van der Waals surface area contributed by atoms with Crippen LogP contribution in [0.3, 0.4) is 0 Å². The third-order valence-electron chi connectivity index (χ3n) is 5.66. The summed E-state index contributed by atoms with van der Waals surface area (Å²) in [6.07, 6.45) is -0.679. The summed E-state index contributed by atoms with van der Waals surface area (Å²) in [6, 6.07) is 3.74. The molecule has 0 aliphatic heterocycles. The lowest BCUT2D eigenvalue weighted by molar-refractivity contribution is -0.144. The van der Waals surface area contributed by atoms with Gasteiger partial charge in [-0.05, 0) is 71.1 Å². The molecule has 0 bridgehead atoms. The second kappa shape index (κ2) is 13.8. The van der Waals surface area contributed by atoms with Gasteiger partial charge in [0.15, 0.2) is 0 Å². The van der Waals surface area contributed by atoms with Crippen molar-refractivity contribution in [2.75, 3.05) is 19.7 Å². The number of carbonyl (C=O) groups excluding carboxylic acids is 4. The molecule has 9 heteroatoms. The molecule has 1 aromatic carbocycles. The molecule has 0 radical (unpaired) electrons. The first-order valence-corrected chi connectivity index (χ1v) is 12.5. The number of nitrogens with zero attached hydrogens (tertiary/aromatic N) is 1. The lowest BCUT2D eigenvalue weighted by Gasteiger charge is -2.35. The zero-order chi connectivity index (χ0) is 27.6. The summed E-state index contributed by atoms with van der Waals surface area (Å²) in [5.74, 6) is -1.48. The first-order chi connectivity index (χ1) is 16.7. The van der Waals surface area contributed by atoms with Gasteiger partial charge in [0.25, 0.3) is 0 Å². The van der Waals surface area contributed by atoms with Gasteiger partial charge in [0, 0.05) is 13.1 Å². The van der Waals surface area contributed by atoms with Gasteiger partial charge in [-0.2, -0.15) is 0 Å². The Morgan fingerprint density at radius 3 is 2.22 bits per heavy atom. The normalized spacial score (nSPS) is 12.9. The van der Waals surface area contributed by atoms with Gasteiger partial charge >= 0.3 is 12.1 Å². The lowest BCUT2D eigenvalue weighted by atomic mass is 9.94. The van der Waals surface area contributed by atoms with Crippen molar-refractivity contribution in [1.29, 1.82) is 0 Å². The van der Waals surface area contributed by atoms with E-state index in [1.165, 1.54) is 4.90 Å². The van der Waals surface area contributed by atoms with E-state index in [-0.39, 0.29) is 32.0 Å². The molecule has 0 saturated carbocycles. The predicted molar refractivity (Wildman–Crippen MR) is 138 cm³/mol. The third-order valence-corrected chi connectivity index (χ3v) is 5.66. The Balaban J connectivity index is 3.33. The van der Waals surface area contributed by atoms with E-state index in [0.29, 0.717) is 5.56 Å². The molecule has 202 valence electrons. The molecule has 2 unspecified atom stereocenters. The van der Waals surface area contributed by atoms with Gasteiger partial charge in [0.05, 0.1) is 13.0 Å². The Kier molecular flexibility index (Phi) is 11.9. The molecule has 0 spiro atoms. The topological polar surface area (TPSA) is 114 Å². The Labute approximate surface area is 215 Å². The maximum absolute atomic E-state index is 13.8. The molecule has 0 aromatic heterocycles. The van der Waals surface area contributed by atoms with E-state index in [1.807, 2.05) is 45.9 Å². The van der Waals surface area contributed by atoms with Crippen LogP contribution in [0.2, 0.25) is 0 Å². The molecule has 2 N–H and O–H groups in total. The minimum atomic E-state index is -0.953. The average molecular weight is 506 g/mol. The van der Waals surface area contributed by atoms with Crippen molar-refractivity contribution in [3.63, 3.8) is 0 Å². The number of rotatable bonds is 11. The monoisotopic (exact) mass is 505 g/mol. The van der Waals surface area contributed by atoms with Crippen molar-refractivity contribution in [3.8, 4) is 0 Å². The summed E-state index contributed by atoms with van der Waals surface area (Å²) >= 11 is 0. The summed E-state index contributed by atoms with van der Waals surface area (Å²) in [7, 11) is 0. The Hall–Kier alpha value is -3.10. The van der Waals surface area contributed by atoms with Gasteiger partial charge in [-0.3, -0.25) is 14.4 Å². The zero-order valence-corrected chi connectivity index (χ0v) is 23.2. The minimum Gasteiger partial charge on any atom is -0.466 e. The van der Waals surface area contributed by atoms with Crippen LogP contribution in [0, 0.1) is 19.8 Å². The Bertz CT molecular complexity index is 923. The quantitative estimate of drug-likeness (QED) is 0.442. The summed E-state index contributed by atoms with van der Waals surface area (Å²) < 4.78 is 10.3. The average Bonchev–Trinajstić information content (AvgIpc) is 2.76. The Morgan fingerprint density at radius 1 is 1.06 bits per heavy atom. The maximum atomic E-state index is 13.8. The number of hydrogen-bond acceptors (Lipinski definition) is 6. The van der Waals surface area contributed by atoms with Crippen molar-refractivity contribution < 1.29 is 28.7 Å². The van der Waals surface area contributed by atoms with E-state index < -0.39 is 41.6 Å². The van der Waals surface area contributed by atoms with Gasteiger partial charge in [-0.15, -0.1) is 0 Å². The first kappa shape index (κ1) is 30.9. The number of ether oxygens (including phenoxy) is 2. The van der Waals surface area contributed by atoms with E-state index >= 15 is 0 Å². The smallest absolute Gasteiger partial charge is 0.408 e. The van der Waals surface area contributed by atoms with Crippen molar-refractivity contribution in [2.24, 2.45) is 5.92 Å². The third kappa shape index (κ3) is 9.17. The molecule has 1 rings (SSSR count). The SMILES string of the molecule is CCOC(=O)CCNC(=O)C(c1cccc(C)c1C)N(CC)C(=O)C(NC(=O)OC(C)(C)C)C(C)C. The molecular formula is C27H43N3O6. The standard InChI is InChI=1S/C27H43N3O6/c1-10-30(25(33)22(17(3)4)29-26(34)36-27(7,8)9)23(20-14-12-13-18(5)19(20)6)24(32)28-16-15-21(31)35-11-2/h12-14,17,22-23H,10-11,15-16H2,1-9H3,(H,28,32)(H,29,34). The molecule has 1 aromatic rings. The highest BCUT2D eigenvalue weighted by atomic mass is 16.6. The van der Waals surface area contributed by atoms with Crippen LogP contribution >= 0.6 is 0 Å². The van der Waals surface area contributed by atoms with Gasteiger partial charge in [0.1, 0.15) is 17.7 Å². The van der Waals surface area contributed by atoms with Gasteiger partial charge in [0.2, 0.25) is 11.8 Å².